The molecule has 2 fully saturated rings. The highest BCUT2D eigenvalue weighted by atomic mass is 35.5. The highest BCUT2D eigenvalue weighted by molar-refractivity contribution is 6.30. The van der Waals surface area contributed by atoms with Crippen LogP contribution in [0.5, 0.6) is 0 Å². The smallest absolute Gasteiger partial charge is 0.257 e. The Morgan fingerprint density at radius 1 is 1.29 bits per heavy atom. The molecule has 6 heteroatoms. The summed E-state index contributed by atoms with van der Waals surface area (Å²) < 4.78 is 7.17. The summed E-state index contributed by atoms with van der Waals surface area (Å²) in [6.45, 7) is 2.36. The number of hydrogen-bond donors (Lipinski definition) is 0. The largest absolute Gasteiger partial charge is 0.381 e. The second-order valence-corrected chi connectivity index (χ2v) is 7.00. The molecule has 5 nitrogen and oxygen atoms in total. The van der Waals surface area contributed by atoms with Crippen LogP contribution in [0.25, 0.3) is 5.69 Å². The molecule has 1 atom stereocenters. The van der Waals surface area contributed by atoms with E-state index < -0.39 is 0 Å². The van der Waals surface area contributed by atoms with Crippen LogP contribution >= 0.6 is 11.6 Å². The Balaban J connectivity index is 1.51. The number of rotatable bonds is 5. The monoisotopic (exact) mass is 345 g/mol. The van der Waals surface area contributed by atoms with E-state index >= 15 is 0 Å². The van der Waals surface area contributed by atoms with Crippen molar-refractivity contribution < 1.29 is 9.53 Å². The van der Waals surface area contributed by atoms with E-state index in [1.54, 1.807) is 17.1 Å². The number of hydrogen-bond acceptors (Lipinski definition) is 3. The molecule has 0 bridgehead atoms. The molecular weight excluding hydrogens is 326 g/mol. The molecule has 1 amide bonds. The van der Waals surface area contributed by atoms with Gasteiger partial charge in [0, 0.05) is 36.3 Å². The molecule has 0 spiro atoms. The summed E-state index contributed by atoms with van der Waals surface area (Å²) in [4.78, 5) is 14.9. The van der Waals surface area contributed by atoms with Crippen molar-refractivity contribution in [2.75, 3.05) is 19.8 Å². The minimum atomic E-state index is 0.0737. The second kappa shape index (κ2) is 6.57. The zero-order valence-corrected chi connectivity index (χ0v) is 14.2. The number of ether oxygens (including phenoxy) is 1. The summed E-state index contributed by atoms with van der Waals surface area (Å²) in [5, 5.41) is 5.01. The predicted molar refractivity (Wildman–Crippen MR) is 91.6 cm³/mol. The first-order valence-electron chi connectivity index (χ1n) is 8.40. The minimum Gasteiger partial charge on any atom is -0.381 e. The molecule has 0 N–H and O–H groups in total. The third-order valence-electron chi connectivity index (χ3n) is 4.65. The number of amides is 1. The van der Waals surface area contributed by atoms with Crippen LogP contribution < -0.4 is 0 Å². The zero-order valence-electron chi connectivity index (χ0n) is 13.4. The standard InChI is InChI=1S/C18H20ClN3O2/c19-15-1-3-17(4-2-15)22-11-14(9-20-22)18(23)21(16-5-6-16)10-13-7-8-24-12-13/h1-4,9,11,13,16H,5-8,10,12H2. The number of carbonyl (C=O) groups is 1. The fraction of sp³-hybridized carbons (Fsp3) is 0.444. The van der Waals surface area contributed by atoms with Crippen LogP contribution in [-0.2, 0) is 4.74 Å². The summed E-state index contributed by atoms with van der Waals surface area (Å²) in [7, 11) is 0. The minimum absolute atomic E-state index is 0.0737. The fourth-order valence-electron chi connectivity index (χ4n) is 3.12. The lowest BCUT2D eigenvalue weighted by atomic mass is 10.1. The van der Waals surface area contributed by atoms with Crippen LogP contribution in [0.15, 0.2) is 36.7 Å². The molecule has 1 aromatic carbocycles. The number of benzene rings is 1. The molecule has 4 rings (SSSR count). The Morgan fingerprint density at radius 2 is 2.08 bits per heavy atom. The van der Waals surface area contributed by atoms with E-state index in [-0.39, 0.29) is 5.91 Å². The molecule has 1 aliphatic heterocycles. The van der Waals surface area contributed by atoms with Crippen molar-refractivity contribution in [3.8, 4) is 5.69 Å². The van der Waals surface area contributed by atoms with Crippen molar-refractivity contribution in [1.29, 1.82) is 0 Å². The van der Waals surface area contributed by atoms with Gasteiger partial charge in [-0.25, -0.2) is 4.68 Å². The van der Waals surface area contributed by atoms with Crippen LogP contribution in [0.3, 0.4) is 0 Å². The maximum absolute atomic E-state index is 12.9. The predicted octanol–water partition coefficient (Wildman–Crippen LogP) is 3.17. The molecule has 1 saturated heterocycles. The van der Waals surface area contributed by atoms with Crippen LogP contribution in [0, 0.1) is 5.92 Å². The summed E-state index contributed by atoms with van der Waals surface area (Å²) in [6, 6.07) is 7.79. The number of aromatic nitrogens is 2. The fourth-order valence-corrected chi connectivity index (χ4v) is 3.25. The lowest BCUT2D eigenvalue weighted by molar-refractivity contribution is 0.0706. The third-order valence-corrected chi connectivity index (χ3v) is 4.90. The van der Waals surface area contributed by atoms with Crippen molar-refractivity contribution in [2.45, 2.75) is 25.3 Å². The first kappa shape index (κ1) is 15.7. The Bertz CT molecular complexity index is 718. The summed E-state index contributed by atoms with van der Waals surface area (Å²) in [5.74, 6) is 0.533. The maximum atomic E-state index is 12.9. The Kier molecular flexibility index (Phi) is 4.29. The van der Waals surface area contributed by atoms with Gasteiger partial charge in [-0.05, 0) is 43.5 Å². The van der Waals surface area contributed by atoms with Crippen LogP contribution in [0.2, 0.25) is 5.02 Å². The molecule has 2 aliphatic rings. The molecule has 1 saturated carbocycles. The van der Waals surface area contributed by atoms with E-state index in [1.165, 1.54) is 0 Å². The average Bonchev–Trinajstić information content (AvgIpc) is 3.10. The maximum Gasteiger partial charge on any atom is 0.257 e. The normalized spacial score (nSPS) is 20.3. The summed E-state index contributed by atoms with van der Waals surface area (Å²) in [6.07, 6.45) is 6.69. The molecule has 2 aromatic rings. The van der Waals surface area contributed by atoms with E-state index in [0.29, 0.717) is 22.5 Å². The van der Waals surface area contributed by atoms with Gasteiger partial charge < -0.3 is 9.64 Å². The van der Waals surface area contributed by atoms with Gasteiger partial charge in [0.1, 0.15) is 0 Å². The van der Waals surface area contributed by atoms with Crippen LogP contribution in [0.4, 0.5) is 0 Å². The number of carbonyl (C=O) groups excluding carboxylic acids is 1. The third kappa shape index (κ3) is 3.32. The lowest BCUT2D eigenvalue weighted by Gasteiger charge is -2.24. The van der Waals surface area contributed by atoms with E-state index in [1.807, 2.05) is 29.2 Å². The van der Waals surface area contributed by atoms with Gasteiger partial charge >= 0.3 is 0 Å². The summed E-state index contributed by atoms with van der Waals surface area (Å²) in [5.41, 5.74) is 1.52. The topological polar surface area (TPSA) is 47.4 Å². The van der Waals surface area contributed by atoms with Gasteiger partial charge in [0.15, 0.2) is 0 Å². The van der Waals surface area contributed by atoms with Gasteiger partial charge in [-0.1, -0.05) is 11.6 Å². The van der Waals surface area contributed by atoms with Gasteiger partial charge in [-0.2, -0.15) is 5.10 Å². The zero-order chi connectivity index (χ0) is 16.5. The van der Waals surface area contributed by atoms with E-state index in [4.69, 9.17) is 16.3 Å². The van der Waals surface area contributed by atoms with Gasteiger partial charge in [0.2, 0.25) is 0 Å². The first-order chi connectivity index (χ1) is 11.7. The average molecular weight is 346 g/mol. The Morgan fingerprint density at radius 3 is 2.75 bits per heavy atom. The van der Waals surface area contributed by atoms with Crippen LogP contribution in [-0.4, -0.2) is 46.4 Å². The molecule has 1 aliphatic carbocycles. The van der Waals surface area contributed by atoms with Crippen molar-refractivity contribution in [3.63, 3.8) is 0 Å². The van der Waals surface area contributed by atoms with Crippen molar-refractivity contribution in [1.82, 2.24) is 14.7 Å². The van der Waals surface area contributed by atoms with Crippen molar-refractivity contribution in [2.24, 2.45) is 5.92 Å². The van der Waals surface area contributed by atoms with E-state index in [0.717, 1.165) is 44.7 Å². The quantitative estimate of drug-likeness (QED) is 0.836. The second-order valence-electron chi connectivity index (χ2n) is 6.57. The Hall–Kier alpha value is -1.85. The Labute approximate surface area is 146 Å². The molecular formula is C18H20ClN3O2. The SMILES string of the molecule is O=C(c1cnn(-c2ccc(Cl)cc2)c1)N(CC1CCOC1)C1CC1. The number of halogens is 1. The lowest BCUT2D eigenvalue weighted by Crippen LogP contribution is -2.37. The molecule has 0 radical (unpaired) electrons. The van der Waals surface area contributed by atoms with E-state index in [2.05, 4.69) is 5.10 Å². The van der Waals surface area contributed by atoms with Crippen molar-refractivity contribution in [3.05, 3.63) is 47.2 Å². The first-order valence-corrected chi connectivity index (χ1v) is 8.78. The van der Waals surface area contributed by atoms with Gasteiger partial charge in [-0.15, -0.1) is 0 Å². The van der Waals surface area contributed by atoms with E-state index in [9.17, 15) is 4.79 Å². The highest BCUT2D eigenvalue weighted by Crippen LogP contribution is 2.30. The highest BCUT2D eigenvalue weighted by Gasteiger charge is 2.35. The van der Waals surface area contributed by atoms with Gasteiger partial charge in [0.25, 0.3) is 5.91 Å². The molecule has 1 aromatic heterocycles. The van der Waals surface area contributed by atoms with Gasteiger partial charge in [-0.3, -0.25) is 4.79 Å². The van der Waals surface area contributed by atoms with Crippen LogP contribution in [0.1, 0.15) is 29.6 Å². The molecule has 24 heavy (non-hydrogen) atoms. The number of nitrogens with zero attached hydrogens (tertiary/aromatic N) is 3. The molecule has 126 valence electrons. The van der Waals surface area contributed by atoms with Crippen molar-refractivity contribution >= 4 is 17.5 Å². The summed E-state index contributed by atoms with van der Waals surface area (Å²) >= 11 is 5.92. The van der Waals surface area contributed by atoms with Gasteiger partial charge in [0.05, 0.1) is 24.1 Å². The molecule has 2 heterocycles. The molecule has 1 unspecified atom stereocenters.